The molecule has 8 heteroatoms. The normalized spacial score (nSPS) is 19.8. The largest absolute Gasteiger partial charge is 0.479 e. The van der Waals surface area contributed by atoms with Crippen LogP contribution in [-0.2, 0) is 9.53 Å². The minimum Gasteiger partial charge on any atom is -0.479 e. The second-order valence-corrected chi connectivity index (χ2v) is 7.68. The Morgan fingerprint density at radius 1 is 1.40 bits per heavy atom. The quantitative estimate of drug-likeness (QED) is 0.651. The second kappa shape index (κ2) is 7.03. The molecule has 2 aliphatic rings. The van der Waals surface area contributed by atoms with Crippen molar-refractivity contribution in [2.75, 3.05) is 25.6 Å². The van der Waals surface area contributed by atoms with E-state index >= 15 is 0 Å². The van der Waals surface area contributed by atoms with Crippen molar-refractivity contribution in [3.8, 4) is 5.88 Å². The maximum Gasteiger partial charge on any atom is 0.327 e. The van der Waals surface area contributed by atoms with Gasteiger partial charge in [-0.25, -0.2) is 4.98 Å². The van der Waals surface area contributed by atoms with Gasteiger partial charge in [-0.3, -0.25) is 9.79 Å². The van der Waals surface area contributed by atoms with Gasteiger partial charge in [-0.2, -0.15) is 4.98 Å². The summed E-state index contributed by atoms with van der Waals surface area (Å²) >= 11 is 1.55. The zero-order chi connectivity index (χ0) is 18.0. The monoisotopic (exact) mass is 362 g/mol. The Labute approximate surface area is 151 Å². The van der Waals surface area contributed by atoms with E-state index in [1.807, 2.05) is 0 Å². The van der Waals surface area contributed by atoms with Gasteiger partial charge in [0.05, 0.1) is 24.3 Å². The first-order valence-electron chi connectivity index (χ1n) is 8.20. The summed E-state index contributed by atoms with van der Waals surface area (Å²) in [6.45, 7) is 6.58. The Morgan fingerprint density at radius 3 is 2.92 bits per heavy atom. The molecule has 0 saturated heterocycles. The third-order valence-corrected chi connectivity index (χ3v) is 5.18. The van der Waals surface area contributed by atoms with E-state index < -0.39 is 0 Å². The molecule has 0 fully saturated rings. The SMILES string of the molecule is CCOC(=O)CN=C1CC(C)(C)CC2=C1Sc1ncnc(OC)c1N2. The number of hydrogen-bond donors (Lipinski definition) is 1. The lowest BCUT2D eigenvalue weighted by atomic mass is 9.78. The summed E-state index contributed by atoms with van der Waals surface area (Å²) in [5.41, 5.74) is 2.82. The van der Waals surface area contributed by atoms with E-state index in [4.69, 9.17) is 9.47 Å². The molecule has 25 heavy (non-hydrogen) atoms. The van der Waals surface area contributed by atoms with Gasteiger partial charge >= 0.3 is 5.97 Å². The summed E-state index contributed by atoms with van der Waals surface area (Å²) in [7, 11) is 1.59. The zero-order valence-electron chi connectivity index (χ0n) is 14.9. The lowest BCUT2D eigenvalue weighted by Gasteiger charge is -2.36. The number of methoxy groups -OCH3 is 1. The van der Waals surface area contributed by atoms with Crippen molar-refractivity contribution in [2.45, 2.75) is 38.6 Å². The van der Waals surface area contributed by atoms with E-state index in [-0.39, 0.29) is 17.9 Å². The van der Waals surface area contributed by atoms with E-state index in [1.54, 1.807) is 25.8 Å². The Morgan fingerprint density at radius 2 is 2.20 bits per heavy atom. The van der Waals surface area contributed by atoms with Gasteiger partial charge in [0, 0.05) is 5.70 Å². The Kier molecular flexibility index (Phi) is 4.99. The number of ether oxygens (including phenoxy) is 2. The standard InChI is InChI=1S/C17H22N4O3S/c1-5-24-12(22)8-18-10-6-17(2,3)7-11-14(10)25-16-13(21-11)15(23-4)19-9-20-16/h9,21H,5-8H2,1-4H3. The number of carbonyl (C=O) groups excluding carboxylic acids is 1. The number of anilines is 1. The van der Waals surface area contributed by atoms with Gasteiger partial charge in [0.2, 0.25) is 5.88 Å². The highest BCUT2D eigenvalue weighted by Gasteiger charge is 2.36. The summed E-state index contributed by atoms with van der Waals surface area (Å²) in [6.07, 6.45) is 3.17. The van der Waals surface area contributed by atoms with Crippen LogP contribution in [0.5, 0.6) is 5.88 Å². The fourth-order valence-corrected chi connectivity index (χ4v) is 4.02. The molecule has 0 spiro atoms. The molecule has 0 amide bonds. The van der Waals surface area contributed by atoms with Gasteiger partial charge in [0.1, 0.15) is 23.6 Å². The van der Waals surface area contributed by atoms with E-state index in [1.165, 1.54) is 6.33 Å². The predicted molar refractivity (Wildman–Crippen MR) is 97.0 cm³/mol. The molecule has 7 nitrogen and oxygen atoms in total. The maximum atomic E-state index is 11.7. The number of allylic oxidation sites excluding steroid dienone is 2. The average molecular weight is 362 g/mol. The molecule has 0 bridgehead atoms. The molecule has 1 aliphatic carbocycles. The van der Waals surface area contributed by atoms with Crippen molar-refractivity contribution in [1.29, 1.82) is 0 Å². The molecule has 0 radical (unpaired) electrons. The van der Waals surface area contributed by atoms with Crippen LogP contribution in [0.25, 0.3) is 0 Å². The van der Waals surface area contributed by atoms with E-state index in [2.05, 4.69) is 34.1 Å². The smallest absolute Gasteiger partial charge is 0.327 e. The third kappa shape index (κ3) is 3.78. The molecular formula is C17H22N4O3S. The number of rotatable bonds is 4. The molecule has 134 valence electrons. The Bertz CT molecular complexity index is 758. The number of aromatic nitrogens is 2. The van der Waals surface area contributed by atoms with Gasteiger partial charge in [0.15, 0.2) is 0 Å². The lowest BCUT2D eigenvalue weighted by Crippen LogP contribution is -2.30. The second-order valence-electron chi connectivity index (χ2n) is 6.68. The molecule has 1 aromatic rings. The van der Waals surface area contributed by atoms with Crippen molar-refractivity contribution in [3.05, 3.63) is 16.9 Å². The predicted octanol–water partition coefficient (Wildman–Crippen LogP) is 3.04. The van der Waals surface area contributed by atoms with Crippen LogP contribution in [0.4, 0.5) is 5.69 Å². The first-order valence-corrected chi connectivity index (χ1v) is 9.01. The third-order valence-electron chi connectivity index (χ3n) is 3.99. The topological polar surface area (TPSA) is 85.7 Å². The van der Waals surface area contributed by atoms with E-state index in [0.717, 1.165) is 39.9 Å². The van der Waals surface area contributed by atoms with Gasteiger partial charge in [0.25, 0.3) is 0 Å². The molecular weight excluding hydrogens is 340 g/mol. The summed E-state index contributed by atoms with van der Waals surface area (Å²) in [4.78, 5) is 25.8. The van der Waals surface area contributed by atoms with E-state index in [0.29, 0.717) is 12.5 Å². The molecule has 0 aromatic carbocycles. The highest BCUT2D eigenvalue weighted by atomic mass is 32.2. The first-order chi connectivity index (χ1) is 11.9. The van der Waals surface area contributed by atoms with Gasteiger partial charge in [-0.05, 0) is 25.2 Å². The van der Waals surface area contributed by atoms with Gasteiger partial charge < -0.3 is 14.8 Å². The van der Waals surface area contributed by atoms with Crippen LogP contribution in [0.3, 0.4) is 0 Å². The summed E-state index contributed by atoms with van der Waals surface area (Å²) < 4.78 is 10.3. The first kappa shape index (κ1) is 17.7. The molecule has 0 atom stereocenters. The fraction of sp³-hybridized carbons (Fsp3) is 0.529. The molecule has 0 saturated carbocycles. The highest BCUT2D eigenvalue weighted by molar-refractivity contribution is 8.04. The molecule has 1 aromatic heterocycles. The molecule has 0 unspecified atom stereocenters. The van der Waals surface area contributed by atoms with Crippen LogP contribution in [0.15, 0.2) is 26.9 Å². The number of carbonyl (C=O) groups is 1. The summed E-state index contributed by atoms with van der Waals surface area (Å²) in [6, 6.07) is 0. The molecule has 2 heterocycles. The Hall–Kier alpha value is -2.09. The molecule has 3 rings (SSSR count). The van der Waals surface area contributed by atoms with Crippen molar-refractivity contribution in [3.63, 3.8) is 0 Å². The number of esters is 1. The number of thioether (sulfide) groups is 1. The minimum absolute atomic E-state index is 0.0382. The zero-order valence-corrected chi connectivity index (χ0v) is 15.7. The number of nitrogens with zero attached hydrogens (tertiary/aromatic N) is 3. The fourth-order valence-electron chi connectivity index (χ4n) is 2.99. The average Bonchev–Trinajstić information content (AvgIpc) is 2.57. The number of hydrogen-bond acceptors (Lipinski definition) is 8. The van der Waals surface area contributed by atoms with Crippen LogP contribution in [0, 0.1) is 5.41 Å². The van der Waals surface area contributed by atoms with E-state index in [9.17, 15) is 4.79 Å². The van der Waals surface area contributed by atoms with Crippen molar-refractivity contribution in [1.82, 2.24) is 9.97 Å². The van der Waals surface area contributed by atoms with Gasteiger partial charge in [-0.1, -0.05) is 25.6 Å². The van der Waals surface area contributed by atoms with Crippen LogP contribution < -0.4 is 10.1 Å². The maximum absolute atomic E-state index is 11.7. The number of aliphatic imine (C=N–C) groups is 1. The van der Waals surface area contributed by atoms with Crippen molar-refractivity contribution >= 4 is 29.1 Å². The summed E-state index contributed by atoms with van der Waals surface area (Å²) in [5, 5.41) is 4.23. The van der Waals surface area contributed by atoms with Crippen LogP contribution in [0.2, 0.25) is 0 Å². The van der Waals surface area contributed by atoms with Gasteiger partial charge in [-0.15, -0.1) is 0 Å². The Balaban J connectivity index is 1.94. The van der Waals surface area contributed by atoms with Crippen LogP contribution >= 0.6 is 11.8 Å². The van der Waals surface area contributed by atoms with Crippen molar-refractivity contribution < 1.29 is 14.3 Å². The summed E-state index contributed by atoms with van der Waals surface area (Å²) in [5.74, 6) is 0.219. The minimum atomic E-state index is -0.307. The molecule has 1 aliphatic heterocycles. The van der Waals surface area contributed by atoms with Crippen molar-refractivity contribution in [2.24, 2.45) is 10.4 Å². The highest BCUT2D eigenvalue weighted by Crippen LogP contribution is 2.49. The van der Waals surface area contributed by atoms with Crippen LogP contribution in [-0.4, -0.2) is 41.9 Å². The number of fused-ring (bicyclic) bond motifs is 1. The lowest BCUT2D eigenvalue weighted by molar-refractivity contribution is -0.141. The molecule has 1 N–H and O–H groups in total. The van der Waals surface area contributed by atoms with Crippen LogP contribution in [0.1, 0.15) is 33.6 Å². The number of nitrogens with one attached hydrogen (secondary N) is 1.